The van der Waals surface area contributed by atoms with Crippen molar-refractivity contribution in [2.75, 3.05) is 18.9 Å². The highest BCUT2D eigenvalue weighted by atomic mass is 32.9. The van der Waals surface area contributed by atoms with Crippen LogP contribution in [-0.2, 0) is 16.3 Å². The van der Waals surface area contributed by atoms with Crippen LogP contribution < -0.4 is 5.09 Å². The first-order chi connectivity index (χ1) is 7.68. The summed E-state index contributed by atoms with van der Waals surface area (Å²) in [6, 6.07) is 0. The topological polar surface area (TPSA) is 33.6 Å². The summed E-state index contributed by atoms with van der Waals surface area (Å²) in [5.74, 6) is 0.969. The molecule has 0 aliphatic heterocycles. The Hall–Kier alpha value is 0.430. The Morgan fingerprint density at radius 2 is 2.12 bits per heavy atom. The number of nitrogens with one attached hydrogen (secondary N) is 1. The Bertz CT molecular complexity index is 237. The quantitative estimate of drug-likeness (QED) is 0.286. The van der Waals surface area contributed by atoms with Crippen LogP contribution in [0.1, 0.15) is 40.0 Å². The van der Waals surface area contributed by atoms with Crippen LogP contribution >= 0.6 is 17.0 Å². The van der Waals surface area contributed by atoms with Crippen LogP contribution in [0.15, 0.2) is 4.99 Å². The monoisotopic (exact) mass is 282 g/mol. The Kier molecular flexibility index (Phi) is 10.9. The first kappa shape index (κ1) is 16.4. The van der Waals surface area contributed by atoms with E-state index in [4.69, 9.17) is 16.3 Å². The van der Waals surface area contributed by atoms with E-state index in [1.54, 1.807) is 17.7 Å². The van der Waals surface area contributed by atoms with Crippen LogP contribution in [0.2, 0.25) is 0 Å². The second-order valence-electron chi connectivity index (χ2n) is 3.27. The lowest BCUT2D eigenvalue weighted by molar-refractivity contribution is 0.356. The molecule has 0 saturated heterocycles. The Morgan fingerprint density at radius 1 is 1.38 bits per heavy atom. The number of aliphatic imine (C=N–C) groups is 1. The minimum atomic E-state index is -1.93. The van der Waals surface area contributed by atoms with E-state index >= 15 is 0 Å². The second kappa shape index (κ2) is 10.6. The van der Waals surface area contributed by atoms with Crippen LogP contribution in [0, 0.1) is 0 Å². The first-order valence-electron chi connectivity index (χ1n) is 5.83. The second-order valence-corrected chi connectivity index (χ2v) is 10.2. The maximum Gasteiger partial charge on any atom is 0.211 e. The van der Waals surface area contributed by atoms with Crippen LogP contribution in [0.4, 0.5) is 0 Å². The minimum Gasteiger partial charge on any atom is -0.326 e. The standard InChI is InChI=1S/C10H23N2OPS2/c1-4-7-8-11-10-12-14(15,16-6-3)13-9-5-2/h10H,4-9H2,1-3H3,(H,11,12,15). The van der Waals surface area contributed by atoms with Crippen molar-refractivity contribution >= 4 is 35.1 Å². The molecule has 1 atom stereocenters. The zero-order valence-electron chi connectivity index (χ0n) is 10.4. The van der Waals surface area contributed by atoms with E-state index in [2.05, 4.69) is 30.9 Å². The lowest BCUT2D eigenvalue weighted by Crippen LogP contribution is -2.09. The van der Waals surface area contributed by atoms with Crippen molar-refractivity contribution in [3.05, 3.63) is 0 Å². The molecular weight excluding hydrogens is 259 g/mol. The fraction of sp³-hybridized carbons (Fsp3) is 0.900. The normalized spacial score (nSPS) is 15.2. The number of nitrogens with zero attached hydrogens (tertiary/aromatic N) is 1. The molecule has 0 rings (SSSR count). The third-order valence-electron chi connectivity index (χ3n) is 1.71. The third kappa shape index (κ3) is 8.57. The van der Waals surface area contributed by atoms with Crippen molar-refractivity contribution in [3.8, 4) is 0 Å². The van der Waals surface area contributed by atoms with Gasteiger partial charge in [0.05, 0.1) is 12.9 Å². The summed E-state index contributed by atoms with van der Waals surface area (Å²) in [4.78, 5) is 4.27. The van der Waals surface area contributed by atoms with E-state index in [0.29, 0.717) is 0 Å². The van der Waals surface area contributed by atoms with Crippen molar-refractivity contribution in [1.29, 1.82) is 0 Å². The van der Waals surface area contributed by atoms with Gasteiger partial charge in [-0.25, -0.2) is 0 Å². The van der Waals surface area contributed by atoms with Crippen molar-refractivity contribution in [2.45, 2.75) is 40.0 Å². The fourth-order valence-electron chi connectivity index (χ4n) is 0.919. The van der Waals surface area contributed by atoms with Gasteiger partial charge in [0.2, 0.25) is 5.62 Å². The van der Waals surface area contributed by atoms with Gasteiger partial charge in [0.25, 0.3) is 0 Å². The van der Waals surface area contributed by atoms with Gasteiger partial charge in [-0.3, -0.25) is 4.99 Å². The molecule has 0 spiro atoms. The molecule has 0 amide bonds. The zero-order valence-corrected chi connectivity index (χ0v) is 13.0. The summed E-state index contributed by atoms with van der Waals surface area (Å²) in [5, 5.41) is 3.17. The number of hydrogen-bond donors (Lipinski definition) is 1. The highest BCUT2D eigenvalue weighted by Gasteiger charge is 2.15. The number of unbranched alkanes of at least 4 members (excludes halogenated alkanes) is 1. The largest absolute Gasteiger partial charge is 0.326 e. The van der Waals surface area contributed by atoms with Crippen molar-refractivity contribution < 1.29 is 4.52 Å². The summed E-state index contributed by atoms with van der Waals surface area (Å²) in [6.07, 6.45) is 5.02. The van der Waals surface area contributed by atoms with Crippen molar-refractivity contribution in [2.24, 2.45) is 4.99 Å². The highest BCUT2D eigenvalue weighted by molar-refractivity contribution is 8.68. The van der Waals surface area contributed by atoms with Gasteiger partial charge in [-0.15, -0.1) is 0 Å². The number of rotatable bonds is 10. The van der Waals surface area contributed by atoms with Crippen molar-refractivity contribution in [3.63, 3.8) is 0 Å². The maximum absolute atomic E-state index is 5.71. The Labute approximate surface area is 109 Å². The molecule has 96 valence electrons. The van der Waals surface area contributed by atoms with E-state index in [9.17, 15) is 0 Å². The molecule has 0 heterocycles. The molecule has 0 bridgehead atoms. The minimum absolute atomic E-state index is 0.722. The molecule has 16 heavy (non-hydrogen) atoms. The van der Waals surface area contributed by atoms with Gasteiger partial charge in [-0.1, -0.05) is 38.6 Å². The van der Waals surface area contributed by atoms with Crippen LogP contribution in [0.5, 0.6) is 0 Å². The van der Waals surface area contributed by atoms with Gasteiger partial charge in [0.15, 0.2) is 0 Å². The highest BCUT2D eigenvalue weighted by Crippen LogP contribution is 2.55. The van der Waals surface area contributed by atoms with Gasteiger partial charge >= 0.3 is 0 Å². The van der Waals surface area contributed by atoms with E-state index in [1.165, 1.54) is 6.42 Å². The molecule has 6 heteroatoms. The molecule has 0 fully saturated rings. The maximum atomic E-state index is 5.71. The van der Waals surface area contributed by atoms with Crippen molar-refractivity contribution in [1.82, 2.24) is 5.09 Å². The molecule has 0 saturated carbocycles. The van der Waals surface area contributed by atoms with E-state index < -0.39 is 5.62 Å². The molecule has 1 unspecified atom stereocenters. The van der Waals surface area contributed by atoms with E-state index in [-0.39, 0.29) is 0 Å². The molecule has 0 aliphatic carbocycles. The molecule has 1 N–H and O–H groups in total. The lowest BCUT2D eigenvalue weighted by Gasteiger charge is -2.20. The molecule has 0 aromatic carbocycles. The Morgan fingerprint density at radius 3 is 2.69 bits per heavy atom. The predicted molar refractivity (Wildman–Crippen MR) is 80.1 cm³/mol. The van der Waals surface area contributed by atoms with Gasteiger partial charge in [-0.05, 0) is 30.4 Å². The molecule has 0 radical (unpaired) electrons. The van der Waals surface area contributed by atoms with Gasteiger partial charge in [-0.2, -0.15) is 0 Å². The summed E-state index contributed by atoms with van der Waals surface area (Å²) in [5.41, 5.74) is -1.93. The van der Waals surface area contributed by atoms with Crippen LogP contribution in [0.25, 0.3) is 0 Å². The van der Waals surface area contributed by atoms with E-state index in [0.717, 1.165) is 31.7 Å². The molecule has 3 nitrogen and oxygen atoms in total. The number of hydrogen-bond acceptors (Lipinski definition) is 4. The summed E-state index contributed by atoms with van der Waals surface area (Å²) < 4.78 is 5.71. The molecular formula is C10H23N2OPS2. The molecule has 0 aromatic rings. The van der Waals surface area contributed by atoms with E-state index in [1.807, 2.05) is 0 Å². The molecule has 0 aliphatic rings. The smallest absolute Gasteiger partial charge is 0.211 e. The SMILES string of the molecule is CCCCN=CNP(=S)(OCCC)SCC. The summed E-state index contributed by atoms with van der Waals surface area (Å²) in [7, 11) is 0. The summed E-state index contributed by atoms with van der Waals surface area (Å²) in [6.45, 7) is 7.93. The summed E-state index contributed by atoms with van der Waals surface area (Å²) >= 11 is 7.18. The fourth-order valence-corrected chi connectivity index (χ4v) is 5.27. The van der Waals surface area contributed by atoms with Crippen LogP contribution in [-0.4, -0.2) is 25.2 Å². The van der Waals surface area contributed by atoms with Gasteiger partial charge < -0.3 is 9.61 Å². The lowest BCUT2D eigenvalue weighted by atomic mass is 10.3. The predicted octanol–water partition coefficient (Wildman–Crippen LogP) is 3.81. The first-order valence-corrected chi connectivity index (χ1v) is 10.1. The Balaban J connectivity index is 4.00. The third-order valence-corrected chi connectivity index (χ3v) is 7.27. The van der Waals surface area contributed by atoms with Gasteiger partial charge in [0, 0.05) is 6.54 Å². The van der Waals surface area contributed by atoms with Gasteiger partial charge in [0.1, 0.15) is 0 Å². The zero-order chi connectivity index (χ0) is 12.3. The average Bonchev–Trinajstić information content (AvgIpc) is 2.27. The van der Waals surface area contributed by atoms with Crippen LogP contribution in [0.3, 0.4) is 0 Å². The average molecular weight is 282 g/mol. The molecule has 0 aromatic heterocycles.